The highest BCUT2D eigenvalue weighted by atomic mass is 35.5. The van der Waals surface area contributed by atoms with E-state index in [9.17, 15) is 4.79 Å². The first kappa shape index (κ1) is 15.9. The van der Waals surface area contributed by atoms with E-state index in [0.29, 0.717) is 12.5 Å². The molecule has 1 aromatic heterocycles. The normalized spacial score (nSPS) is 20.3. The Kier molecular flexibility index (Phi) is 3.75. The number of likely N-dealkylation sites (tertiary alicyclic amines) is 1. The summed E-state index contributed by atoms with van der Waals surface area (Å²) in [6, 6.07) is 16.6. The molecule has 1 aliphatic carbocycles. The van der Waals surface area contributed by atoms with Crippen molar-refractivity contribution in [1.82, 2.24) is 14.5 Å². The molecule has 1 aliphatic heterocycles. The number of halogens is 1. The van der Waals surface area contributed by atoms with E-state index in [0.717, 1.165) is 47.8 Å². The molecule has 0 bridgehead atoms. The molecule has 5 rings (SSSR count). The van der Waals surface area contributed by atoms with E-state index in [1.165, 1.54) is 5.56 Å². The Labute approximate surface area is 157 Å². The average Bonchev–Trinajstić information content (AvgIpc) is 3.33. The second kappa shape index (κ2) is 6.13. The van der Waals surface area contributed by atoms with Gasteiger partial charge >= 0.3 is 0 Å². The van der Waals surface area contributed by atoms with Crippen molar-refractivity contribution < 1.29 is 4.79 Å². The summed E-state index contributed by atoms with van der Waals surface area (Å²) in [5, 5.41) is 0.742. The molecule has 26 heavy (non-hydrogen) atoms. The van der Waals surface area contributed by atoms with E-state index in [-0.39, 0.29) is 11.8 Å². The predicted octanol–water partition coefficient (Wildman–Crippen LogP) is 4.22. The maximum absolute atomic E-state index is 12.4. The molecule has 1 saturated heterocycles. The lowest BCUT2D eigenvalue weighted by Crippen LogP contribution is -2.27. The van der Waals surface area contributed by atoms with E-state index >= 15 is 0 Å². The van der Waals surface area contributed by atoms with E-state index in [1.807, 2.05) is 30.3 Å². The minimum absolute atomic E-state index is 0.169. The van der Waals surface area contributed by atoms with Gasteiger partial charge in [-0.05, 0) is 42.7 Å². The maximum atomic E-state index is 12.4. The van der Waals surface area contributed by atoms with Gasteiger partial charge in [-0.15, -0.1) is 0 Å². The highest BCUT2D eigenvalue weighted by Crippen LogP contribution is 2.37. The largest absolute Gasteiger partial charge is 0.339 e. The molecule has 2 aromatic carbocycles. The summed E-state index contributed by atoms with van der Waals surface area (Å²) in [6.45, 7) is 1.54. The van der Waals surface area contributed by atoms with Gasteiger partial charge in [-0.2, -0.15) is 0 Å². The molecular formula is C21H20ClN3O. The van der Waals surface area contributed by atoms with Crippen LogP contribution in [0.25, 0.3) is 11.0 Å². The van der Waals surface area contributed by atoms with Gasteiger partial charge in [0.25, 0.3) is 0 Å². The van der Waals surface area contributed by atoms with Crippen LogP contribution in [0.5, 0.6) is 0 Å². The average molecular weight is 366 g/mol. The number of imidazole rings is 1. The van der Waals surface area contributed by atoms with Crippen molar-refractivity contribution in [2.75, 3.05) is 6.54 Å². The number of aromatic nitrogens is 2. The zero-order chi connectivity index (χ0) is 17.7. The quantitative estimate of drug-likeness (QED) is 0.694. The predicted molar refractivity (Wildman–Crippen MR) is 102 cm³/mol. The molecule has 132 valence electrons. The molecule has 1 atom stereocenters. The van der Waals surface area contributed by atoms with Crippen LogP contribution in [0.3, 0.4) is 0 Å². The Morgan fingerprint density at radius 3 is 2.62 bits per heavy atom. The van der Waals surface area contributed by atoms with E-state index < -0.39 is 0 Å². The van der Waals surface area contributed by atoms with Crippen molar-refractivity contribution in [1.29, 1.82) is 0 Å². The highest BCUT2D eigenvalue weighted by Gasteiger charge is 2.41. The standard InChI is InChI=1S/C21H20ClN3O/c22-16-7-5-14(6-8-16)12-25-19-4-2-1-3-18(19)23-21(25)15-11-20(26)24(13-15)17-9-10-17/h1-8,15,17H,9-13H2. The first-order valence-electron chi connectivity index (χ1n) is 9.18. The Morgan fingerprint density at radius 1 is 1.08 bits per heavy atom. The van der Waals surface area contributed by atoms with Gasteiger partial charge in [0.1, 0.15) is 5.82 Å². The fourth-order valence-electron chi connectivity index (χ4n) is 3.99. The smallest absolute Gasteiger partial charge is 0.223 e. The number of amides is 1. The van der Waals surface area contributed by atoms with Crippen LogP contribution in [0, 0.1) is 0 Å². The molecular weight excluding hydrogens is 346 g/mol. The number of fused-ring (bicyclic) bond motifs is 1. The van der Waals surface area contributed by atoms with Crippen LogP contribution in [-0.2, 0) is 11.3 Å². The lowest BCUT2D eigenvalue weighted by molar-refractivity contribution is -0.128. The van der Waals surface area contributed by atoms with Gasteiger partial charge in [0.15, 0.2) is 0 Å². The van der Waals surface area contributed by atoms with Crippen LogP contribution in [0.1, 0.15) is 36.6 Å². The monoisotopic (exact) mass is 365 g/mol. The van der Waals surface area contributed by atoms with Crippen molar-refractivity contribution in [3.8, 4) is 0 Å². The van der Waals surface area contributed by atoms with Crippen LogP contribution < -0.4 is 0 Å². The summed E-state index contributed by atoms with van der Waals surface area (Å²) in [5.74, 6) is 1.48. The maximum Gasteiger partial charge on any atom is 0.223 e. The van der Waals surface area contributed by atoms with Crippen molar-refractivity contribution >= 4 is 28.5 Å². The second-order valence-corrected chi connectivity index (χ2v) is 7.79. The minimum atomic E-state index is 0.169. The minimum Gasteiger partial charge on any atom is -0.339 e. The number of hydrogen-bond donors (Lipinski definition) is 0. The Bertz CT molecular complexity index is 975. The van der Waals surface area contributed by atoms with Crippen molar-refractivity contribution in [3.05, 3.63) is 64.9 Å². The van der Waals surface area contributed by atoms with E-state index in [2.05, 4.69) is 27.7 Å². The number of carbonyl (C=O) groups is 1. The van der Waals surface area contributed by atoms with Gasteiger partial charge in [0.2, 0.25) is 5.91 Å². The molecule has 2 heterocycles. The van der Waals surface area contributed by atoms with Crippen LogP contribution in [-0.4, -0.2) is 32.9 Å². The Balaban J connectivity index is 1.54. The number of benzene rings is 2. The highest BCUT2D eigenvalue weighted by molar-refractivity contribution is 6.30. The van der Waals surface area contributed by atoms with Crippen LogP contribution in [0.2, 0.25) is 5.02 Å². The third-order valence-corrected chi connectivity index (χ3v) is 5.70. The first-order chi connectivity index (χ1) is 12.7. The number of hydrogen-bond acceptors (Lipinski definition) is 2. The lowest BCUT2D eigenvalue weighted by atomic mass is 10.1. The van der Waals surface area contributed by atoms with Gasteiger partial charge in [0, 0.05) is 36.5 Å². The molecule has 0 N–H and O–H groups in total. The van der Waals surface area contributed by atoms with E-state index in [1.54, 1.807) is 0 Å². The van der Waals surface area contributed by atoms with Crippen LogP contribution >= 0.6 is 11.6 Å². The molecule has 1 unspecified atom stereocenters. The molecule has 3 aromatic rings. The van der Waals surface area contributed by atoms with Crippen LogP contribution in [0.4, 0.5) is 0 Å². The summed E-state index contributed by atoms with van der Waals surface area (Å²) in [5.41, 5.74) is 3.30. The Hall–Kier alpha value is -2.33. The zero-order valence-corrected chi connectivity index (χ0v) is 15.2. The second-order valence-electron chi connectivity index (χ2n) is 7.35. The number of rotatable bonds is 4. The van der Waals surface area contributed by atoms with Crippen molar-refractivity contribution in [3.63, 3.8) is 0 Å². The van der Waals surface area contributed by atoms with Gasteiger partial charge < -0.3 is 9.47 Å². The third kappa shape index (κ3) is 2.78. The first-order valence-corrected chi connectivity index (χ1v) is 9.56. The molecule has 2 fully saturated rings. The number of nitrogens with zero attached hydrogens (tertiary/aromatic N) is 3. The Morgan fingerprint density at radius 2 is 1.85 bits per heavy atom. The summed E-state index contributed by atoms with van der Waals surface area (Å²) >= 11 is 6.03. The SMILES string of the molecule is O=C1CC(c2nc3ccccc3n2Cc2ccc(Cl)cc2)CN1C1CC1. The lowest BCUT2D eigenvalue weighted by Gasteiger charge is -2.16. The molecule has 0 spiro atoms. The number of para-hydroxylation sites is 2. The molecule has 2 aliphatic rings. The topological polar surface area (TPSA) is 38.1 Å². The van der Waals surface area contributed by atoms with Gasteiger partial charge in [-0.1, -0.05) is 35.9 Å². The summed E-state index contributed by atoms with van der Waals surface area (Å²) < 4.78 is 2.27. The fourth-order valence-corrected chi connectivity index (χ4v) is 4.11. The van der Waals surface area contributed by atoms with Gasteiger partial charge in [0.05, 0.1) is 11.0 Å². The summed E-state index contributed by atoms with van der Waals surface area (Å²) in [6.07, 6.45) is 2.87. The molecule has 5 heteroatoms. The summed E-state index contributed by atoms with van der Waals surface area (Å²) in [7, 11) is 0. The van der Waals surface area contributed by atoms with Crippen LogP contribution in [0.15, 0.2) is 48.5 Å². The molecule has 1 amide bonds. The molecule has 1 saturated carbocycles. The van der Waals surface area contributed by atoms with Crippen molar-refractivity contribution in [2.24, 2.45) is 0 Å². The number of carbonyl (C=O) groups excluding carboxylic acids is 1. The van der Waals surface area contributed by atoms with Gasteiger partial charge in [-0.25, -0.2) is 4.98 Å². The summed E-state index contributed by atoms with van der Waals surface area (Å²) in [4.78, 5) is 19.4. The fraction of sp³-hybridized carbons (Fsp3) is 0.333. The molecule has 0 radical (unpaired) electrons. The zero-order valence-electron chi connectivity index (χ0n) is 14.4. The van der Waals surface area contributed by atoms with E-state index in [4.69, 9.17) is 16.6 Å². The third-order valence-electron chi connectivity index (χ3n) is 5.45. The van der Waals surface area contributed by atoms with Crippen molar-refractivity contribution in [2.45, 2.75) is 37.8 Å². The molecule has 4 nitrogen and oxygen atoms in total. The van der Waals surface area contributed by atoms with Gasteiger partial charge in [-0.3, -0.25) is 4.79 Å².